The van der Waals surface area contributed by atoms with Crippen LogP contribution < -0.4 is 0 Å². The second kappa shape index (κ2) is 6.44. The van der Waals surface area contributed by atoms with Gasteiger partial charge in [0, 0.05) is 11.8 Å². The fraction of sp³-hybridized carbons (Fsp3) is 0. The minimum absolute atomic E-state index is 1.00. The Morgan fingerprint density at radius 1 is 0.857 bits per heavy atom. The van der Waals surface area contributed by atoms with E-state index in [0.29, 0.717) is 0 Å². The molecular weight excluding hydrogens is 354 g/mol. The molecule has 2 rings (SSSR count). The van der Waals surface area contributed by atoms with E-state index < -0.39 is 0 Å². The van der Waals surface area contributed by atoms with Gasteiger partial charge >= 0.3 is 23.1 Å². The zero-order chi connectivity index (χ0) is 10.2. The molecule has 0 saturated heterocycles. The molecule has 0 unspecified atom stereocenters. The van der Waals surface area contributed by atoms with Gasteiger partial charge in [-0.3, -0.25) is 4.98 Å². The van der Waals surface area contributed by atoms with Gasteiger partial charge in [-0.25, -0.2) is 0 Å². The quantitative estimate of drug-likeness (QED) is 0.842. The van der Waals surface area contributed by atoms with Crippen LogP contribution >= 0.6 is 0 Å². The summed E-state index contributed by atoms with van der Waals surface area (Å²) in [5.74, 6) is 0. The molecule has 0 aliphatic rings. The third kappa shape index (κ3) is 3.04. The van der Waals surface area contributed by atoms with Crippen LogP contribution in [0.4, 0.5) is 0 Å². The summed E-state index contributed by atoms with van der Waals surface area (Å²) in [6.07, 6.45) is 1.81. The molecule has 0 atom stereocenters. The minimum atomic E-state index is 1.00. The molecule has 0 radical (unpaired) electrons. The van der Waals surface area contributed by atoms with E-state index in [9.17, 15) is 0 Å². The van der Waals surface area contributed by atoms with Gasteiger partial charge in [-0.05, 0) is 12.1 Å². The van der Waals surface area contributed by atoms with Crippen molar-refractivity contribution in [1.29, 1.82) is 0 Å². The van der Waals surface area contributed by atoms with Crippen molar-refractivity contribution in [3.8, 4) is 11.3 Å². The summed E-state index contributed by atoms with van der Waals surface area (Å²) in [6.45, 7) is 0. The molecule has 0 amide bonds. The van der Waals surface area contributed by atoms with Gasteiger partial charge in [0.15, 0.2) is 0 Å². The minimum Gasteiger partial charge on any atom is -0.256 e. The van der Waals surface area contributed by atoms with Crippen molar-refractivity contribution < 1.29 is 23.1 Å². The van der Waals surface area contributed by atoms with Gasteiger partial charge in [-0.2, -0.15) is 0 Å². The van der Waals surface area contributed by atoms with Crippen molar-refractivity contribution in [2.45, 2.75) is 0 Å². The molecule has 0 spiro atoms. The largest absolute Gasteiger partial charge is 0.256 e. The maximum absolute atomic E-state index is 7.00. The van der Waals surface area contributed by atoms with Gasteiger partial charge < -0.3 is 0 Å². The number of hydrogen-bond donors (Lipinski definition) is 1. The second-order valence-corrected chi connectivity index (χ2v) is 2.58. The van der Waals surface area contributed by atoms with E-state index in [1.807, 2.05) is 42.6 Å². The maximum atomic E-state index is 7.00. The van der Waals surface area contributed by atoms with E-state index in [1.165, 1.54) is 0 Å². The van der Waals surface area contributed by atoms with Crippen LogP contribution in [0.15, 0.2) is 54.7 Å². The van der Waals surface area contributed by atoms with Crippen molar-refractivity contribution in [2.24, 2.45) is 0 Å². The molecule has 0 aliphatic carbocycles. The summed E-state index contributed by atoms with van der Waals surface area (Å²) < 4.78 is 7.00. The Hall–Kier alpha value is -1.02. The predicted molar refractivity (Wildman–Crippen MR) is 51.9 cm³/mol. The number of benzene rings is 1. The first-order chi connectivity index (χ1) is 6.97. The molecule has 1 aromatic heterocycles. The van der Waals surface area contributed by atoms with Crippen LogP contribution in [-0.2, 0) is 19.3 Å². The Balaban J connectivity index is 0.000000461. The molecule has 0 bridgehead atoms. The van der Waals surface area contributed by atoms with E-state index in [0.717, 1.165) is 30.5 Å². The zero-order valence-corrected chi connectivity index (χ0v) is 9.82. The average molecular weight is 364 g/mol. The van der Waals surface area contributed by atoms with Crippen LogP contribution in [0.2, 0.25) is 0 Å². The van der Waals surface area contributed by atoms with E-state index in [-0.39, 0.29) is 0 Å². The third-order valence-corrected chi connectivity index (χ3v) is 1.73. The zero-order valence-electron chi connectivity index (χ0n) is 7.42. The van der Waals surface area contributed by atoms with Gasteiger partial charge in [0.1, 0.15) is 0 Å². The van der Waals surface area contributed by atoms with Crippen molar-refractivity contribution in [3.63, 3.8) is 0 Å². The first-order valence-electron chi connectivity index (χ1n) is 4.08. The Morgan fingerprint density at radius 2 is 1.50 bits per heavy atom. The molecule has 14 heavy (non-hydrogen) atoms. The van der Waals surface area contributed by atoms with E-state index >= 15 is 0 Å². The van der Waals surface area contributed by atoms with Crippen molar-refractivity contribution >= 4 is 0 Å². The van der Waals surface area contributed by atoms with E-state index in [4.69, 9.17) is 3.86 Å². The molecule has 0 fully saturated rings. The fourth-order valence-corrected chi connectivity index (χ4v) is 1.14. The SMILES string of the molecule is [OH][Ir].c1ccc(-c2ccccn2)cc1. The van der Waals surface area contributed by atoms with Gasteiger partial charge in [0.05, 0.1) is 5.69 Å². The van der Waals surface area contributed by atoms with Crippen molar-refractivity contribution in [2.75, 3.05) is 0 Å². The molecule has 3 heteroatoms. The first kappa shape index (κ1) is 11.1. The summed E-state index contributed by atoms with van der Waals surface area (Å²) >= 11 is 1.00. The smallest absolute Gasteiger partial charge is 0.0701 e. The standard InChI is InChI=1S/C11H9N.Ir.H2O/c1-2-6-10(7-3-1)11-8-4-5-9-12-11;;/h1-9H;;1H2/q;+1;/p-1. The van der Waals surface area contributed by atoms with Crippen LogP contribution in [0.3, 0.4) is 0 Å². The normalized spacial score (nSPS) is 8.79. The van der Waals surface area contributed by atoms with Crippen LogP contribution in [0.1, 0.15) is 0 Å². The van der Waals surface area contributed by atoms with Crippen molar-refractivity contribution in [3.05, 3.63) is 54.7 Å². The van der Waals surface area contributed by atoms with Crippen molar-refractivity contribution in [1.82, 2.24) is 4.98 Å². The monoisotopic (exact) mass is 365 g/mol. The van der Waals surface area contributed by atoms with Crippen LogP contribution in [0.5, 0.6) is 0 Å². The molecule has 2 nitrogen and oxygen atoms in total. The third-order valence-electron chi connectivity index (χ3n) is 1.73. The Morgan fingerprint density at radius 3 is 2.07 bits per heavy atom. The Bertz CT molecular complexity index is 313. The first-order valence-corrected chi connectivity index (χ1v) is 5.15. The topological polar surface area (TPSA) is 33.1 Å². The summed E-state index contributed by atoms with van der Waals surface area (Å²) in [7, 11) is 0. The number of hydrogen-bond acceptors (Lipinski definition) is 2. The van der Waals surface area contributed by atoms with Crippen LogP contribution in [0, 0.1) is 0 Å². The average Bonchev–Trinajstić information content (AvgIpc) is 2.34. The van der Waals surface area contributed by atoms with Gasteiger partial charge in [0.2, 0.25) is 0 Å². The summed E-state index contributed by atoms with van der Waals surface area (Å²) in [6, 6.07) is 16.1. The molecule has 74 valence electrons. The molecule has 1 aromatic carbocycles. The second-order valence-electron chi connectivity index (χ2n) is 2.58. The van der Waals surface area contributed by atoms with Gasteiger partial charge in [0.25, 0.3) is 0 Å². The Kier molecular flexibility index (Phi) is 5.08. The Labute approximate surface area is 94.2 Å². The molecule has 2 aromatic rings. The number of aromatic nitrogens is 1. The molecule has 1 heterocycles. The molecule has 0 saturated carbocycles. The van der Waals surface area contributed by atoms with Crippen LogP contribution in [0.25, 0.3) is 11.3 Å². The summed E-state index contributed by atoms with van der Waals surface area (Å²) in [5, 5.41) is 0. The summed E-state index contributed by atoms with van der Waals surface area (Å²) in [5.41, 5.74) is 2.19. The predicted octanol–water partition coefficient (Wildman–Crippen LogP) is 2.19. The maximum Gasteiger partial charge on any atom is 0.0701 e. The number of pyridine rings is 1. The van der Waals surface area contributed by atoms with Gasteiger partial charge in [-0.1, -0.05) is 36.4 Å². The molecule has 1 N–H and O–H groups in total. The molecular formula is C11H10IrNO. The van der Waals surface area contributed by atoms with E-state index in [2.05, 4.69) is 17.1 Å². The fourth-order valence-electron chi connectivity index (χ4n) is 1.14. The van der Waals surface area contributed by atoms with Crippen LogP contribution in [-0.4, -0.2) is 8.85 Å². The number of rotatable bonds is 1. The van der Waals surface area contributed by atoms with E-state index in [1.54, 1.807) is 0 Å². The van der Waals surface area contributed by atoms with Gasteiger partial charge in [-0.15, -0.1) is 0 Å². The summed E-state index contributed by atoms with van der Waals surface area (Å²) in [4.78, 5) is 4.25. The molecule has 0 aliphatic heterocycles. The number of nitrogens with zero attached hydrogens (tertiary/aromatic N) is 1.